The fourth-order valence-electron chi connectivity index (χ4n) is 5.11. The van der Waals surface area contributed by atoms with Crippen LogP contribution in [0.4, 0.5) is 5.69 Å². The van der Waals surface area contributed by atoms with E-state index in [0.29, 0.717) is 30.9 Å². The first-order valence-corrected chi connectivity index (χ1v) is 10.3. The van der Waals surface area contributed by atoms with Gasteiger partial charge in [-0.15, -0.1) is 0 Å². The number of rotatable bonds is 3. The first-order chi connectivity index (χ1) is 14.9. The molecule has 9 nitrogen and oxygen atoms in total. The minimum absolute atomic E-state index is 0.0107. The van der Waals surface area contributed by atoms with Crippen LogP contribution in [0.25, 0.3) is 10.9 Å². The standard InChI is InChI=1S/C22H24N4O5/c1-23-12-17(16-8-15(31-2)3-4-19(16)23)21(27)24-9-13-7-14(11-24)18-5-6-20(26(29)30)22(28)25(18)10-13/h3-6,8,12-14,26,29H,7,9-11H2,1-2H3/t13-,14?/m0/s1. The molecule has 1 amide bonds. The maximum Gasteiger partial charge on any atom is 0.315 e. The number of nitrogens with one attached hydrogen (secondary N) is 1. The van der Waals surface area contributed by atoms with Gasteiger partial charge in [0.05, 0.1) is 12.7 Å². The number of quaternary nitrogens is 1. The van der Waals surface area contributed by atoms with Crippen LogP contribution in [0.5, 0.6) is 5.75 Å². The summed E-state index contributed by atoms with van der Waals surface area (Å²) < 4.78 is 8.87. The van der Waals surface area contributed by atoms with Crippen molar-refractivity contribution in [2.24, 2.45) is 13.0 Å². The molecule has 162 valence electrons. The van der Waals surface area contributed by atoms with Crippen LogP contribution in [0.2, 0.25) is 0 Å². The lowest BCUT2D eigenvalue weighted by Crippen LogP contribution is -3.00. The second-order valence-corrected chi connectivity index (χ2v) is 8.44. The van der Waals surface area contributed by atoms with Gasteiger partial charge < -0.3 is 24.0 Å². The first kappa shape index (κ1) is 19.8. The summed E-state index contributed by atoms with van der Waals surface area (Å²) in [6, 6.07) is 8.81. The van der Waals surface area contributed by atoms with Crippen LogP contribution in [-0.4, -0.2) is 45.3 Å². The summed E-state index contributed by atoms with van der Waals surface area (Å²) in [6.45, 7) is 1.47. The average molecular weight is 424 g/mol. The van der Waals surface area contributed by atoms with Gasteiger partial charge in [0, 0.05) is 61.5 Å². The Balaban J connectivity index is 1.49. The summed E-state index contributed by atoms with van der Waals surface area (Å²) in [5.41, 5.74) is 1.74. The Morgan fingerprint density at radius 1 is 1.23 bits per heavy atom. The number of pyridine rings is 1. The summed E-state index contributed by atoms with van der Waals surface area (Å²) in [4.78, 5) is 28.0. The number of carbonyl (C=O) groups excluding carboxylic acids is 1. The SMILES string of the molecule is COc1ccc2c(c1)c(C(=O)N1CC3C[C@@H](C1)Cn1c3ccc([NH+]([O-])O)c1=O)cn2C. The van der Waals surface area contributed by atoms with Crippen molar-refractivity contribution in [1.29, 1.82) is 0 Å². The molecule has 31 heavy (non-hydrogen) atoms. The highest BCUT2D eigenvalue weighted by molar-refractivity contribution is 6.07. The number of aryl methyl sites for hydroxylation is 1. The smallest absolute Gasteiger partial charge is 0.315 e. The lowest BCUT2D eigenvalue weighted by atomic mass is 9.83. The fourth-order valence-corrected chi connectivity index (χ4v) is 5.11. The Kier molecular flexibility index (Phi) is 4.62. The van der Waals surface area contributed by atoms with E-state index < -0.39 is 10.8 Å². The number of hydrogen-bond acceptors (Lipinski definition) is 5. The van der Waals surface area contributed by atoms with Crippen LogP contribution in [0.3, 0.4) is 0 Å². The molecule has 0 radical (unpaired) electrons. The molecule has 4 heterocycles. The van der Waals surface area contributed by atoms with Gasteiger partial charge in [-0.3, -0.25) is 9.59 Å². The second kappa shape index (κ2) is 7.23. The van der Waals surface area contributed by atoms with E-state index >= 15 is 0 Å². The number of benzene rings is 1. The van der Waals surface area contributed by atoms with Crippen molar-refractivity contribution in [2.45, 2.75) is 18.9 Å². The number of carbonyl (C=O) groups is 1. The van der Waals surface area contributed by atoms with Crippen molar-refractivity contribution in [3.05, 3.63) is 63.3 Å². The van der Waals surface area contributed by atoms with Crippen molar-refractivity contribution in [3.63, 3.8) is 0 Å². The molecule has 1 fully saturated rings. The first-order valence-electron chi connectivity index (χ1n) is 10.3. The van der Waals surface area contributed by atoms with Gasteiger partial charge in [0.1, 0.15) is 5.75 Å². The van der Waals surface area contributed by atoms with E-state index in [9.17, 15) is 20.0 Å². The minimum Gasteiger partial charge on any atom is -0.595 e. The highest BCUT2D eigenvalue weighted by atomic mass is 16.8. The molecule has 2 aliphatic rings. The van der Waals surface area contributed by atoms with Crippen LogP contribution in [-0.2, 0) is 13.6 Å². The number of methoxy groups -OCH3 is 1. The third kappa shape index (κ3) is 3.13. The van der Waals surface area contributed by atoms with Crippen LogP contribution >= 0.6 is 0 Å². The highest BCUT2D eigenvalue weighted by Crippen LogP contribution is 2.36. The monoisotopic (exact) mass is 424 g/mol. The quantitative estimate of drug-likeness (QED) is 0.611. The molecule has 2 aliphatic heterocycles. The van der Waals surface area contributed by atoms with Gasteiger partial charge in [0.25, 0.3) is 5.91 Å². The lowest BCUT2D eigenvalue weighted by molar-refractivity contribution is -0.992. The Morgan fingerprint density at radius 2 is 2.03 bits per heavy atom. The van der Waals surface area contributed by atoms with Gasteiger partial charge in [-0.05, 0) is 36.6 Å². The normalized spacial score (nSPS) is 21.1. The molecule has 2 bridgehead atoms. The molecule has 9 heteroatoms. The second-order valence-electron chi connectivity index (χ2n) is 8.44. The number of piperidine rings is 1. The zero-order valence-electron chi connectivity index (χ0n) is 17.4. The number of amides is 1. The predicted octanol–water partition coefficient (Wildman–Crippen LogP) is 1.01. The molecular weight excluding hydrogens is 400 g/mol. The summed E-state index contributed by atoms with van der Waals surface area (Å²) >= 11 is 0. The molecule has 3 aromatic rings. The van der Waals surface area contributed by atoms with E-state index in [1.54, 1.807) is 17.7 Å². The van der Waals surface area contributed by atoms with E-state index in [1.165, 1.54) is 6.07 Å². The van der Waals surface area contributed by atoms with Crippen molar-refractivity contribution < 1.29 is 20.0 Å². The topological polar surface area (TPSA) is 104 Å². The third-order valence-electron chi connectivity index (χ3n) is 6.55. The molecular formula is C22H24N4O5. The molecule has 3 atom stereocenters. The maximum absolute atomic E-state index is 13.5. The van der Waals surface area contributed by atoms with Crippen LogP contribution in [0, 0.1) is 11.1 Å². The largest absolute Gasteiger partial charge is 0.595 e. The minimum atomic E-state index is -1.21. The van der Waals surface area contributed by atoms with E-state index in [1.807, 2.05) is 40.9 Å². The van der Waals surface area contributed by atoms with Crippen LogP contribution in [0.1, 0.15) is 28.4 Å². The number of ether oxygens (including phenoxy) is 1. The molecule has 0 aliphatic carbocycles. The number of likely N-dealkylation sites (tertiary alicyclic amines) is 1. The molecule has 2 N–H and O–H groups in total. The van der Waals surface area contributed by atoms with E-state index in [-0.39, 0.29) is 23.4 Å². The van der Waals surface area contributed by atoms with Gasteiger partial charge in [-0.1, -0.05) is 0 Å². The van der Waals surface area contributed by atoms with Crippen LogP contribution < -0.4 is 15.5 Å². The summed E-state index contributed by atoms with van der Waals surface area (Å²) in [5, 5.41) is 20.2. The summed E-state index contributed by atoms with van der Waals surface area (Å²) in [7, 11) is 3.52. The summed E-state index contributed by atoms with van der Waals surface area (Å²) in [5.74, 6) is 0.787. The van der Waals surface area contributed by atoms with Crippen molar-refractivity contribution in [1.82, 2.24) is 14.0 Å². The van der Waals surface area contributed by atoms with Gasteiger partial charge in [0.2, 0.25) is 5.69 Å². The molecule has 2 unspecified atom stereocenters. The lowest BCUT2D eigenvalue weighted by Gasteiger charge is -2.42. The Bertz CT molecular complexity index is 1240. The van der Waals surface area contributed by atoms with Crippen molar-refractivity contribution in [3.8, 4) is 5.75 Å². The fraction of sp³-hybridized carbons (Fsp3) is 0.364. The Morgan fingerprint density at radius 3 is 2.77 bits per heavy atom. The molecule has 1 aromatic carbocycles. The van der Waals surface area contributed by atoms with Crippen molar-refractivity contribution >= 4 is 22.5 Å². The van der Waals surface area contributed by atoms with Crippen molar-refractivity contribution in [2.75, 3.05) is 20.2 Å². The van der Waals surface area contributed by atoms with Gasteiger partial charge in [-0.2, -0.15) is 5.23 Å². The number of aromatic nitrogens is 2. The molecule has 1 saturated heterocycles. The number of hydrogen-bond donors (Lipinski definition) is 2. The average Bonchev–Trinajstić information content (AvgIpc) is 3.09. The highest BCUT2D eigenvalue weighted by Gasteiger charge is 2.38. The number of nitrogens with zero attached hydrogens (tertiary/aromatic N) is 3. The molecule has 0 spiro atoms. The zero-order chi connectivity index (χ0) is 21.9. The number of fused-ring (bicyclic) bond motifs is 5. The van der Waals surface area contributed by atoms with E-state index in [2.05, 4.69) is 0 Å². The Labute approximate surface area is 178 Å². The molecule has 5 rings (SSSR count). The van der Waals surface area contributed by atoms with E-state index in [0.717, 1.165) is 23.0 Å². The van der Waals surface area contributed by atoms with Gasteiger partial charge >= 0.3 is 5.56 Å². The van der Waals surface area contributed by atoms with Gasteiger partial charge in [-0.25, -0.2) is 5.21 Å². The van der Waals surface area contributed by atoms with Gasteiger partial charge in [0.15, 0.2) is 0 Å². The van der Waals surface area contributed by atoms with Crippen LogP contribution in [0.15, 0.2) is 41.3 Å². The third-order valence-corrected chi connectivity index (χ3v) is 6.55. The maximum atomic E-state index is 13.5. The zero-order valence-corrected chi connectivity index (χ0v) is 17.4. The van der Waals surface area contributed by atoms with E-state index in [4.69, 9.17) is 4.74 Å². The summed E-state index contributed by atoms with van der Waals surface area (Å²) in [6.07, 6.45) is 2.74. The Hall–Kier alpha value is -3.14. The predicted molar refractivity (Wildman–Crippen MR) is 113 cm³/mol. The molecule has 2 aromatic heterocycles. The molecule has 0 saturated carbocycles.